The molecule has 7 aromatic carbocycles. The first-order chi connectivity index (χ1) is 61.0. The quantitative estimate of drug-likeness (QED) is 0.110. The molecule has 4 fully saturated rings. The van der Waals surface area contributed by atoms with E-state index in [0.717, 1.165) is 101 Å². The third-order valence-corrected chi connectivity index (χ3v) is 24.8. The second-order valence-electron chi connectivity index (χ2n) is 39.1. The van der Waals surface area contributed by atoms with E-state index in [2.05, 4.69) is 226 Å². The summed E-state index contributed by atoms with van der Waals surface area (Å²) in [4.78, 5) is 12.0. The number of fused-ring (bicyclic) bond motifs is 3. The SMILES string of the molecule is CC1=CCC(C)CC1.CC1=CCC(C)CC1.CC1CCC(C)CC1.CC1CCC2CC(C)CCC2C1.CC1COC(C)OC1.Cc1cc(F)c(C)c(F)c1.Cc1ccc(C)c(F)c1.Cc1ccc(C)c(F)c1F.Cc1ccc(C)cc1.Cc1ccc(C)nc1.Cc1ccc(C)nn1.Cc1ccc2c(c1)CCC(C)C2.Cc1ccc2cc(C)ccc2c1.Cc1cnc(C)nc1. The molecule has 10 aromatic rings. The third kappa shape index (κ3) is 48.8. The van der Waals surface area contributed by atoms with Gasteiger partial charge >= 0.3 is 0 Å². The summed E-state index contributed by atoms with van der Waals surface area (Å²) in [6.45, 7) is 58.9. The predicted octanol–water partition coefficient (Wildman–Crippen LogP) is 33.6. The Bertz CT molecular complexity index is 4420. The van der Waals surface area contributed by atoms with Crippen molar-refractivity contribution in [2.75, 3.05) is 13.2 Å². The lowest BCUT2D eigenvalue weighted by Crippen LogP contribution is -2.29. The minimum Gasteiger partial charge on any atom is -0.353 e. The maximum atomic E-state index is 12.6. The molecule has 7 unspecified atom stereocenters. The van der Waals surface area contributed by atoms with Crippen molar-refractivity contribution in [2.24, 2.45) is 59.2 Å². The zero-order chi connectivity index (χ0) is 95.8. The van der Waals surface area contributed by atoms with E-state index in [1.807, 2.05) is 98.2 Å². The van der Waals surface area contributed by atoms with E-state index >= 15 is 0 Å². The van der Waals surface area contributed by atoms with Crippen molar-refractivity contribution in [3.63, 3.8) is 0 Å². The van der Waals surface area contributed by atoms with Gasteiger partial charge in [-0.25, -0.2) is 31.9 Å². The summed E-state index contributed by atoms with van der Waals surface area (Å²) >= 11 is 0. The molecule has 12 heteroatoms. The summed E-state index contributed by atoms with van der Waals surface area (Å²) in [5.41, 5.74) is 21.5. The van der Waals surface area contributed by atoms with Gasteiger partial charge in [0, 0.05) is 35.8 Å². The Labute approximate surface area is 780 Å². The molecule has 4 heterocycles. The van der Waals surface area contributed by atoms with Gasteiger partial charge in [0.2, 0.25) is 0 Å². The predicted molar refractivity (Wildman–Crippen MR) is 540 cm³/mol. The summed E-state index contributed by atoms with van der Waals surface area (Å²) in [7, 11) is 0. The fraction of sp³-hybridized carbons (Fsp3) is 0.513. The number of hydrogen-bond acceptors (Lipinski definition) is 7. The second kappa shape index (κ2) is 61.0. The molecular formula is C117H166F5N5O2. The van der Waals surface area contributed by atoms with Crippen molar-refractivity contribution < 1.29 is 31.4 Å². The standard InChI is InChI=1S/C12H22.C12H16.C12H12.2C8H8F2.C8H9F.C8H16.2C8H14.C8H10.C7H9N.2C6H8N2.C6H12O2/c3*1-9-3-5-12-8-10(2)4-6-11(12)7-9;1-5-3-7(9)6(2)8(10)4-5;1-5-3-4-6(2)8(10)7(5)9;1-6-3-4-7(2)8(9)5-6;4*1-7-3-5-8(2)6-4-7;1-6-3-4-7(2)8-5-6;1-5-3-7-6(2)8-4-5;1-5-3-4-6(2)8-7-5;1-5-3-7-6(2)8-4-5/h9-12H,3-8H2,1-2H3;3,5,7,10H,4,6,8H2,1-2H3;3-8H,1-2H3;2*3-4H,1-2H3;3-5H,1-2H3;7-8H,3-6H2,1-2H3;2*3,8H,4-6H2,1-2H3;3-6H,1-2H3;3-5H,1-2H3;2*3-4H,1-2H3;5-6H,3-4H2,1-2H3. The molecule has 1 saturated heterocycles. The van der Waals surface area contributed by atoms with Crippen LogP contribution in [-0.2, 0) is 22.3 Å². The number of allylic oxidation sites excluding steroid dienone is 4. The Morgan fingerprint density at radius 2 is 0.659 bits per heavy atom. The monoisotopic (exact) mass is 1770 g/mol. The molecule has 0 N–H and O–H groups in total. The van der Waals surface area contributed by atoms with Crippen LogP contribution in [0.3, 0.4) is 0 Å². The lowest BCUT2D eigenvalue weighted by Gasteiger charge is -2.40. The molecule has 0 bridgehead atoms. The molecule has 7 nitrogen and oxygen atoms in total. The number of pyridine rings is 1. The second-order valence-corrected chi connectivity index (χ2v) is 39.1. The fourth-order valence-electron chi connectivity index (χ4n) is 15.5. The van der Waals surface area contributed by atoms with Crippen LogP contribution in [0.15, 0.2) is 187 Å². The summed E-state index contributed by atoms with van der Waals surface area (Å²) in [5.74, 6) is 7.97. The molecule has 17 rings (SSSR count). The van der Waals surface area contributed by atoms with Crippen LogP contribution < -0.4 is 0 Å². The highest BCUT2D eigenvalue weighted by atomic mass is 19.2. The first-order valence-electron chi connectivity index (χ1n) is 48.1. The summed E-state index contributed by atoms with van der Waals surface area (Å²) in [6, 6.07) is 47.4. The first-order valence-corrected chi connectivity index (χ1v) is 48.1. The number of aromatic nitrogens is 5. The van der Waals surface area contributed by atoms with Gasteiger partial charge in [-0.05, 0) is 372 Å². The molecule has 3 aromatic heterocycles. The first kappa shape index (κ1) is 112. The summed E-state index contributed by atoms with van der Waals surface area (Å²) in [5, 5.41) is 10.3. The van der Waals surface area contributed by atoms with E-state index < -0.39 is 23.3 Å². The largest absolute Gasteiger partial charge is 0.353 e. The molecule has 6 aliphatic carbocycles. The van der Waals surface area contributed by atoms with Crippen molar-refractivity contribution in [3.8, 4) is 0 Å². The normalized spacial score (nSPS) is 20.7. The topological polar surface area (TPSA) is 82.9 Å². The van der Waals surface area contributed by atoms with E-state index in [1.54, 1.807) is 54.3 Å². The minimum absolute atomic E-state index is 0.0196. The number of rotatable bonds is 0. The molecule has 0 amide bonds. The number of benzene rings is 7. The van der Waals surface area contributed by atoms with Crippen LogP contribution in [-0.4, -0.2) is 44.7 Å². The van der Waals surface area contributed by atoms with Gasteiger partial charge in [-0.15, -0.1) is 0 Å². The molecular weight excluding hydrogens is 1600 g/mol. The number of aryl methyl sites for hydroxylation is 17. The average Bonchev–Trinajstić information content (AvgIpc) is 0.849. The van der Waals surface area contributed by atoms with Gasteiger partial charge in [0.25, 0.3) is 0 Å². The van der Waals surface area contributed by atoms with Crippen LogP contribution in [0, 0.1) is 206 Å². The van der Waals surface area contributed by atoms with Gasteiger partial charge in [0.05, 0.1) is 24.6 Å². The number of ether oxygens (including phenoxy) is 2. The number of hydrogen-bond donors (Lipinski definition) is 0. The lowest BCUT2D eigenvalue weighted by molar-refractivity contribution is -0.187. The molecule has 3 saturated carbocycles. The summed E-state index contributed by atoms with van der Waals surface area (Å²) < 4.78 is 73.3. The van der Waals surface area contributed by atoms with Gasteiger partial charge < -0.3 is 9.47 Å². The molecule has 0 radical (unpaired) electrons. The van der Waals surface area contributed by atoms with Crippen LogP contribution in [0.2, 0.25) is 0 Å². The van der Waals surface area contributed by atoms with Crippen LogP contribution in [0.25, 0.3) is 10.8 Å². The molecule has 1 aliphatic heterocycles. The maximum Gasteiger partial charge on any atom is 0.161 e. The number of nitrogens with zero attached hydrogens (tertiary/aromatic N) is 5. The highest BCUT2D eigenvalue weighted by Gasteiger charge is 2.33. The highest BCUT2D eigenvalue weighted by molar-refractivity contribution is 5.83. The summed E-state index contributed by atoms with van der Waals surface area (Å²) in [6.07, 6.45) is 37.4. The Hall–Kier alpha value is -8.84. The smallest absolute Gasteiger partial charge is 0.161 e. The Morgan fingerprint density at radius 3 is 1.04 bits per heavy atom. The molecule has 7 atom stereocenters. The highest BCUT2D eigenvalue weighted by Crippen LogP contribution is 2.44. The fourth-order valence-corrected chi connectivity index (χ4v) is 15.5. The minimum atomic E-state index is -0.736. The van der Waals surface area contributed by atoms with E-state index in [0.29, 0.717) is 28.2 Å². The van der Waals surface area contributed by atoms with Crippen molar-refractivity contribution in [1.82, 2.24) is 25.1 Å². The zero-order valence-electron chi connectivity index (χ0n) is 84.9. The van der Waals surface area contributed by atoms with Crippen LogP contribution >= 0.6 is 0 Å². The van der Waals surface area contributed by atoms with Crippen LogP contribution in [0.1, 0.15) is 292 Å². The van der Waals surface area contributed by atoms with Crippen LogP contribution in [0.5, 0.6) is 0 Å². The van der Waals surface area contributed by atoms with Crippen molar-refractivity contribution in [2.45, 2.75) is 322 Å². The van der Waals surface area contributed by atoms with E-state index in [-0.39, 0.29) is 17.7 Å². The van der Waals surface area contributed by atoms with Crippen molar-refractivity contribution >= 4 is 10.8 Å². The van der Waals surface area contributed by atoms with Crippen molar-refractivity contribution in [3.05, 3.63) is 323 Å². The number of halogens is 5. The van der Waals surface area contributed by atoms with Gasteiger partial charge in [-0.1, -0.05) is 254 Å². The van der Waals surface area contributed by atoms with E-state index in [9.17, 15) is 22.0 Å². The average molecular weight is 1770 g/mol. The Balaban J connectivity index is 0.000000292. The zero-order valence-corrected chi connectivity index (χ0v) is 84.9. The van der Waals surface area contributed by atoms with Crippen molar-refractivity contribution in [1.29, 1.82) is 0 Å². The van der Waals surface area contributed by atoms with Gasteiger partial charge in [-0.2, -0.15) is 10.2 Å². The van der Waals surface area contributed by atoms with Gasteiger partial charge in [-0.3, -0.25) is 4.98 Å². The van der Waals surface area contributed by atoms with E-state index in [1.165, 1.54) is 205 Å². The Kier molecular flexibility index (Phi) is 53.2. The molecule has 7 aliphatic rings. The van der Waals surface area contributed by atoms with Gasteiger partial charge in [0.1, 0.15) is 23.3 Å². The van der Waals surface area contributed by atoms with E-state index in [4.69, 9.17) is 9.47 Å². The third-order valence-electron chi connectivity index (χ3n) is 24.8. The lowest BCUT2D eigenvalue weighted by atomic mass is 9.65. The Morgan fingerprint density at radius 1 is 0.287 bits per heavy atom. The van der Waals surface area contributed by atoms with Gasteiger partial charge in [0.15, 0.2) is 17.9 Å². The molecule has 0 spiro atoms. The molecule has 129 heavy (non-hydrogen) atoms. The maximum absolute atomic E-state index is 12.6. The molecule has 706 valence electrons. The van der Waals surface area contributed by atoms with Crippen LogP contribution in [0.4, 0.5) is 22.0 Å².